The maximum absolute atomic E-state index is 13.7. The van der Waals surface area contributed by atoms with Crippen LogP contribution in [0.4, 0.5) is 10.1 Å². The van der Waals surface area contributed by atoms with Crippen molar-refractivity contribution in [2.75, 3.05) is 18.4 Å². The molecule has 1 N–H and O–H groups in total. The lowest BCUT2D eigenvalue weighted by atomic mass is 10.2. The van der Waals surface area contributed by atoms with E-state index in [-0.39, 0.29) is 11.7 Å². The van der Waals surface area contributed by atoms with E-state index in [2.05, 4.69) is 21.2 Å². The van der Waals surface area contributed by atoms with Gasteiger partial charge in [0.1, 0.15) is 11.9 Å². The number of hydrogen-bond donors (Lipinski definition) is 1. The van der Waals surface area contributed by atoms with Crippen molar-refractivity contribution in [3.8, 4) is 0 Å². The monoisotopic (exact) mass is 342 g/mol. The van der Waals surface area contributed by atoms with Gasteiger partial charge in [-0.05, 0) is 38.0 Å². The molecule has 20 heavy (non-hydrogen) atoms. The molecule has 1 aliphatic heterocycles. The van der Waals surface area contributed by atoms with Crippen LogP contribution in [0.2, 0.25) is 0 Å². The third-order valence-corrected chi connectivity index (χ3v) is 4.08. The van der Waals surface area contributed by atoms with Crippen molar-refractivity contribution in [1.29, 1.82) is 0 Å². The smallest absolute Gasteiger partial charge is 0.244 e. The zero-order chi connectivity index (χ0) is 14.5. The van der Waals surface area contributed by atoms with Crippen molar-refractivity contribution in [2.24, 2.45) is 0 Å². The number of amides is 1. The molecule has 0 spiro atoms. The molecule has 1 aromatic rings. The summed E-state index contributed by atoms with van der Waals surface area (Å²) in [5.41, 5.74) is 0.357. The molecule has 1 aromatic carbocycles. The Morgan fingerprint density at radius 2 is 1.95 bits per heavy atom. The molecule has 1 atom stereocenters. The van der Waals surface area contributed by atoms with E-state index in [0.29, 0.717) is 5.69 Å². The molecule has 3 nitrogen and oxygen atoms in total. The highest BCUT2D eigenvalue weighted by Gasteiger charge is 2.22. The molecular weight excluding hydrogens is 323 g/mol. The van der Waals surface area contributed by atoms with Gasteiger partial charge in [-0.3, -0.25) is 4.79 Å². The first kappa shape index (κ1) is 15.3. The van der Waals surface area contributed by atoms with Crippen molar-refractivity contribution in [2.45, 2.75) is 38.6 Å². The van der Waals surface area contributed by atoms with Crippen LogP contribution in [0.5, 0.6) is 0 Å². The van der Waals surface area contributed by atoms with Crippen LogP contribution in [0.1, 0.15) is 32.6 Å². The summed E-state index contributed by atoms with van der Waals surface area (Å²) in [4.78, 5) is 14.3. The SMILES string of the molecule is CC(Nc1cc(Br)ccc1F)C(=O)N1CCCCCC1. The van der Waals surface area contributed by atoms with E-state index in [1.807, 2.05) is 4.90 Å². The van der Waals surface area contributed by atoms with E-state index < -0.39 is 6.04 Å². The van der Waals surface area contributed by atoms with Gasteiger partial charge in [0.15, 0.2) is 0 Å². The molecule has 0 radical (unpaired) electrons. The van der Waals surface area contributed by atoms with Gasteiger partial charge in [-0.15, -0.1) is 0 Å². The molecule has 0 bridgehead atoms. The van der Waals surface area contributed by atoms with Crippen LogP contribution in [0, 0.1) is 5.82 Å². The highest BCUT2D eigenvalue weighted by Crippen LogP contribution is 2.21. The minimum atomic E-state index is -0.420. The van der Waals surface area contributed by atoms with E-state index in [1.165, 1.54) is 18.9 Å². The molecular formula is C15H20BrFN2O. The van der Waals surface area contributed by atoms with Crippen LogP contribution in [0.25, 0.3) is 0 Å². The third kappa shape index (κ3) is 3.95. The molecule has 1 saturated heterocycles. The third-order valence-electron chi connectivity index (χ3n) is 3.59. The first-order valence-electron chi connectivity index (χ1n) is 7.08. The summed E-state index contributed by atoms with van der Waals surface area (Å²) in [6.07, 6.45) is 4.49. The van der Waals surface area contributed by atoms with Gasteiger partial charge < -0.3 is 10.2 Å². The molecule has 0 saturated carbocycles. The second-order valence-electron chi connectivity index (χ2n) is 5.23. The van der Waals surface area contributed by atoms with Gasteiger partial charge >= 0.3 is 0 Å². The van der Waals surface area contributed by atoms with E-state index in [9.17, 15) is 9.18 Å². The summed E-state index contributed by atoms with van der Waals surface area (Å²) in [5, 5.41) is 2.97. The lowest BCUT2D eigenvalue weighted by Crippen LogP contribution is -2.42. The molecule has 110 valence electrons. The van der Waals surface area contributed by atoms with Gasteiger partial charge in [0.25, 0.3) is 0 Å². The fraction of sp³-hybridized carbons (Fsp3) is 0.533. The quantitative estimate of drug-likeness (QED) is 0.906. The Balaban J connectivity index is 2.01. The Kier molecular flexibility index (Phi) is 5.40. The summed E-state index contributed by atoms with van der Waals surface area (Å²) in [6, 6.07) is 4.26. The molecule has 1 heterocycles. The van der Waals surface area contributed by atoms with E-state index in [0.717, 1.165) is 30.4 Å². The van der Waals surface area contributed by atoms with E-state index in [4.69, 9.17) is 0 Å². The van der Waals surface area contributed by atoms with E-state index >= 15 is 0 Å². The summed E-state index contributed by atoms with van der Waals surface area (Å²) in [7, 11) is 0. The van der Waals surface area contributed by atoms with Crippen molar-refractivity contribution in [3.63, 3.8) is 0 Å². The van der Waals surface area contributed by atoms with Crippen molar-refractivity contribution in [1.82, 2.24) is 4.90 Å². The average Bonchev–Trinajstić information content (AvgIpc) is 2.71. The molecule has 1 aliphatic rings. The molecule has 2 rings (SSSR count). The first-order valence-corrected chi connectivity index (χ1v) is 7.87. The van der Waals surface area contributed by atoms with Crippen LogP contribution in [0.15, 0.2) is 22.7 Å². The topological polar surface area (TPSA) is 32.3 Å². The van der Waals surface area contributed by atoms with Crippen LogP contribution >= 0.6 is 15.9 Å². The number of carbonyl (C=O) groups excluding carboxylic acids is 1. The van der Waals surface area contributed by atoms with Crippen LogP contribution in [-0.4, -0.2) is 29.9 Å². The molecule has 5 heteroatoms. The number of carbonyl (C=O) groups is 1. The lowest BCUT2D eigenvalue weighted by Gasteiger charge is -2.25. The van der Waals surface area contributed by atoms with Gasteiger partial charge in [-0.25, -0.2) is 4.39 Å². The Hall–Kier alpha value is -1.10. The zero-order valence-corrected chi connectivity index (χ0v) is 13.2. The minimum Gasteiger partial charge on any atom is -0.371 e. The maximum atomic E-state index is 13.7. The Morgan fingerprint density at radius 1 is 1.30 bits per heavy atom. The Bertz CT molecular complexity index is 473. The number of hydrogen-bond acceptors (Lipinski definition) is 2. The summed E-state index contributed by atoms with van der Waals surface area (Å²) < 4.78 is 14.5. The molecule has 1 amide bonds. The van der Waals surface area contributed by atoms with Crippen molar-refractivity contribution >= 4 is 27.5 Å². The number of nitrogens with zero attached hydrogens (tertiary/aromatic N) is 1. The maximum Gasteiger partial charge on any atom is 0.244 e. The number of halogens is 2. The summed E-state index contributed by atoms with van der Waals surface area (Å²) >= 11 is 3.31. The average molecular weight is 343 g/mol. The highest BCUT2D eigenvalue weighted by molar-refractivity contribution is 9.10. The number of benzene rings is 1. The predicted octanol–water partition coefficient (Wildman–Crippen LogP) is 3.79. The largest absolute Gasteiger partial charge is 0.371 e. The highest BCUT2D eigenvalue weighted by atomic mass is 79.9. The Morgan fingerprint density at radius 3 is 2.60 bits per heavy atom. The van der Waals surface area contributed by atoms with Gasteiger partial charge in [-0.2, -0.15) is 0 Å². The number of rotatable bonds is 3. The van der Waals surface area contributed by atoms with Gasteiger partial charge in [0.2, 0.25) is 5.91 Å². The molecule has 1 unspecified atom stereocenters. The first-order chi connectivity index (χ1) is 9.58. The van der Waals surface area contributed by atoms with Gasteiger partial charge in [0, 0.05) is 17.6 Å². The summed E-state index contributed by atoms with van der Waals surface area (Å²) in [5.74, 6) is -0.296. The second-order valence-corrected chi connectivity index (χ2v) is 6.15. The van der Waals surface area contributed by atoms with Crippen LogP contribution in [0.3, 0.4) is 0 Å². The fourth-order valence-corrected chi connectivity index (χ4v) is 2.83. The fourth-order valence-electron chi connectivity index (χ4n) is 2.47. The minimum absolute atomic E-state index is 0.0475. The normalized spacial score (nSPS) is 17.4. The van der Waals surface area contributed by atoms with Crippen molar-refractivity contribution < 1.29 is 9.18 Å². The zero-order valence-electron chi connectivity index (χ0n) is 11.7. The van der Waals surface area contributed by atoms with Crippen LogP contribution < -0.4 is 5.32 Å². The molecule has 1 fully saturated rings. The van der Waals surface area contributed by atoms with Gasteiger partial charge in [0.05, 0.1) is 5.69 Å². The molecule has 0 aliphatic carbocycles. The second kappa shape index (κ2) is 7.07. The van der Waals surface area contributed by atoms with E-state index in [1.54, 1.807) is 19.1 Å². The number of anilines is 1. The number of nitrogens with one attached hydrogen (secondary N) is 1. The Labute approximate surface area is 127 Å². The molecule has 0 aromatic heterocycles. The standard InChI is InChI=1S/C15H20BrFN2O/c1-11(15(20)19-8-4-2-3-5-9-19)18-14-10-12(16)6-7-13(14)17/h6-7,10-11,18H,2-5,8-9H2,1H3. The lowest BCUT2D eigenvalue weighted by molar-refractivity contribution is -0.131. The summed E-state index contributed by atoms with van der Waals surface area (Å²) in [6.45, 7) is 3.41. The number of likely N-dealkylation sites (tertiary alicyclic amines) is 1. The van der Waals surface area contributed by atoms with Crippen LogP contribution in [-0.2, 0) is 4.79 Å². The van der Waals surface area contributed by atoms with Gasteiger partial charge in [-0.1, -0.05) is 28.8 Å². The predicted molar refractivity (Wildman–Crippen MR) is 82.2 cm³/mol. The van der Waals surface area contributed by atoms with Crippen molar-refractivity contribution in [3.05, 3.63) is 28.5 Å².